The number of nitrogens with one attached hydrogen (secondary N) is 1. The molecule has 0 spiro atoms. The second-order valence-electron chi connectivity index (χ2n) is 5.89. The molecule has 0 unspecified atom stereocenters. The lowest BCUT2D eigenvalue weighted by Gasteiger charge is -2.43. The van der Waals surface area contributed by atoms with E-state index in [1.165, 1.54) is 0 Å². The molecule has 1 fully saturated rings. The molecule has 2 N–H and O–H groups in total. The SMILES string of the molecule is COCC[C@@]1(O)CCN(C(=O)CCc2nc(Cl)n[nH]2)C[C@@H]1C. The first-order valence-electron chi connectivity index (χ1n) is 7.50. The van der Waals surface area contributed by atoms with Crippen LogP contribution in [0.15, 0.2) is 0 Å². The average molecular weight is 331 g/mol. The summed E-state index contributed by atoms with van der Waals surface area (Å²) in [6.45, 7) is 3.64. The van der Waals surface area contributed by atoms with Gasteiger partial charge in [-0.25, -0.2) is 4.98 Å². The van der Waals surface area contributed by atoms with Crippen LogP contribution in [0.1, 0.15) is 32.0 Å². The van der Waals surface area contributed by atoms with Gasteiger partial charge >= 0.3 is 0 Å². The van der Waals surface area contributed by atoms with Crippen LogP contribution in [0.5, 0.6) is 0 Å². The topological polar surface area (TPSA) is 91.3 Å². The number of rotatable bonds is 6. The average Bonchev–Trinajstić information content (AvgIpc) is 2.91. The normalized spacial score (nSPS) is 25.5. The number of carbonyl (C=O) groups is 1. The molecule has 7 nitrogen and oxygen atoms in total. The Morgan fingerprint density at radius 1 is 1.64 bits per heavy atom. The van der Waals surface area contributed by atoms with E-state index in [-0.39, 0.29) is 17.1 Å². The quantitative estimate of drug-likeness (QED) is 0.812. The molecule has 2 heterocycles. The molecule has 0 bridgehead atoms. The number of carbonyl (C=O) groups excluding carboxylic acids is 1. The van der Waals surface area contributed by atoms with E-state index in [1.54, 1.807) is 7.11 Å². The molecule has 1 aliphatic heterocycles. The molecule has 1 aliphatic rings. The van der Waals surface area contributed by atoms with Gasteiger partial charge in [0.2, 0.25) is 11.2 Å². The van der Waals surface area contributed by atoms with E-state index in [9.17, 15) is 9.90 Å². The minimum absolute atomic E-state index is 0.0278. The molecule has 8 heteroatoms. The van der Waals surface area contributed by atoms with Crippen molar-refractivity contribution in [2.24, 2.45) is 5.92 Å². The van der Waals surface area contributed by atoms with Crippen LogP contribution in [-0.2, 0) is 16.0 Å². The minimum Gasteiger partial charge on any atom is -0.389 e. The predicted octanol–water partition coefficient (Wildman–Crippen LogP) is 1.03. The summed E-state index contributed by atoms with van der Waals surface area (Å²) in [6, 6.07) is 0. The van der Waals surface area contributed by atoms with Gasteiger partial charge in [0.1, 0.15) is 5.82 Å². The molecule has 0 aliphatic carbocycles. The first-order valence-corrected chi connectivity index (χ1v) is 7.88. The van der Waals surface area contributed by atoms with Crippen LogP contribution in [-0.4, -0.2) is 63.5 Å². The molecule has 1 amide bonds. The lowest BCUT2D eigenvalue weighted by atomic mass is 9.80. The van der Waals surface area contributed by atoms with Crippen LogP contribution < -0.4 is 0 Å². The van der Waals surface area contributed by atoms with Crippen LogP contribution in [0, 0.1) is 5.92 Å². The zero-order valence-electron chi connectivity index (χ0n) is 13.0. The van der Waals surface area contributed by atoms with E-state index >= 15 is 0 Å². The third-order valence-corrected chi connectivity index (χ3v) is 4.57. The van der Waals surface area contributed by atoms with E-state index in [0.717, 1.165) is 0 Å². The number of hydrogen-bond donors (Lipinski definition) is 2. The molecular formula is C14H23ClN4O3. The molecule has 124 valence electrons. The maximum atomic E-state index is 12.3. The van der Waals surface area contributed by atoms with E-state index < -0.39 is 5.60 Å². The number of halogens is 1. The highest BCUT2D eigenvalue weighted by atomic mass is 35.5. The summed E-state index contributed by atoms with van der Waals surface area (Å²) in [5.41, 5.74) is -0.745. The molecule has 1 aromatic heterocycles. The maximum absolute atomic E-state index is 12.3. The highest BCUT2D eigenvalue weighted by Crippen LogP contribution is 2.31. The number of hydrogen-bond acceptors (Lipinski definition) is 5. The number of likely N-dealkylation sites (tertiary alicyclic amines) is 1. The van der Waals surface area contributed by atoms with Gasteiger partial charge in [-0.05, 0) is 24.4 Å². The first-order chi connectivity index (χ1) is 10.4. The first kappa shape index (κ1) is 17.2. The zero-order valence-corrected chi connectivity index (χ0v) is 13.8. The van der Waals surface area contributed by atoms with Crippen LogP contribution in [0.25, 0.3) is 0 Å². The van der Waals surface area contributed by atoms with Crippen molar-refractivity contribution in [1.82, 2.24) is 20.1 Å². The Morgan fingerprint density at radius 2 is 2.41 bits per heavy atom. The highest BCUT2D eigenvalue weighted by Gasteiger charge is 2.39. The summed E-state index contributed by atoms with van der Waals surface area (Å²) in [5.74, 6) is 0.702. The molecule has 0 aromatic carbocycles. The lowest BCUT2D eigenvalue weighted by Crippen LogP contribution is -2.52. The Hall–Kier alpha value is -1.18. The van der Waals surface area contributed by atoms with Crippen molar-refractivity contribution in [1.29, 1.82) is 0 Å². The summed E-state index contributed by atoms with van der Waals surface area (Å²) in [5, 5.41) is 17.2. The van der Waals surface area contributed by atoms with Crippen molar-refractivity contribution in [3.8, 4) is 0 Å². The Labute approximate surface area is 135 Å². The third kappa shape index (κ3) is 4.18. The van der Waals surface area contributed by atoms with Gasteiger partial charge in [-0.1, -0.05) is 6.92 Å². The minimum atomic E-state index is -0.745. The lowest BCUT2D eigenvalue weighted by molar-refractivity contribution is -0.140. The number of nitrogens with zero attached hydrogens (tertiary/aromatic N) is 3. The number of piperidine rings is 1. The van der Waals surface area contributed by atoms with Gasteiger partial charge in [-0.15, -0.1) is 5.10 Å². The fourth-order valence-electron chi connectivity index (χ4n) is 2.81. The zero-order chi connectivity index (χ0) is 16.2. The van der Waals surface area contributed by atoms with Crippen LogP contribution >= 0.6 is 11.6 Å². The molecular weight excluding hydrogens is 308 g/mol. The number of aromatic nitrogens is 3. The summed E-state index contributed by atoms with van der Waals surface area (Å²) in [6.07, 6.45) is 2.02. The van der Waals surface area contributed by atoms with E-state index in [0.29, 0.717) is 51.2 Å². The fourth-order valence-corrected chi connectivity index (χ4v) is 2.96. The summed E-state index contributed by atoms with van der Waals surface area (Å²) < 4.78 is 5.05. The second kappa shape index (κ2) is 7.39. The van der Waals surface area contributed by atoms with Gasteiger partial charge in [0.05, 0.1) is 5.60 Å². The predicted molar refractivity (Wildman–Crippen MR) is 81.5 cm³/mol. The number of H-pyrrole nitrogens is 1. The molecule has 2 rings (SSSR count). The van der Waals surface area contributed by atoms with Gasteiger partial charge in [-0.2, -0.15) is 0 Å². The number of ether oxygens (including phenoxy) is 1. The standard InChI is InChI=1S/C14H23ClN4O3/c1-10-9-19(7-5-14(10,21)6-8-22-2)12(20)4-3-11-16-13(15)18-17-11/h10,21H,3-9H2,1-2H3,(H,16,17,18)/t10-,14-/m0/s1. The van der Waals surface area contributed by atoms with Crippen molar-refractivity contribution in [2.45, 2.75) is 38.2 Å². The highest BCUT2D eigenvalue weighted by molar-refractivity contribution is 6.28. The number of amides is 1. The van der Waals surface area contributed by atoms with Crippen molar-refractivity contribution < 1.29 is 14.6 Å². The summed E-state index contributed by atoms with van der Waals surface area (Å²) in [7, 11) is 1.63. The Bertz CT molecular complexity index is 510. The Morgan fingerprint density at radius 3 is 3.00 bits per heavy atom. The van der Waals surface area contributed by atoms with Crippen LogP contribution in [0.3, 0.4) is 0 Å². The van der Waals surface area contributed by atoms with Gasteiger partial charge in [0.25, 0.3) is 0 Å². The molecule has 1 saturated heterocycles. The molecule has 0 radical (unpaired) electrons. The number of aliphatic hydroxyl groups is 1. The van der Waals surface area contributed by atoms with Gasteiger partial charge in [0, 0.05) is 45.6 Å². The third-order valence-electron chi connectivity index (χ3n) is 4.40. The molecule has 0 saturated carbocycles. The van der Waals surface area contributed by atoms with Gasteiger partial charge in [0.15, 0.2) is 0 Å². The second-order valence-corrected chi connectivity index (χ2v) is 6.23. The summed E-state index contributed by atoms with van der Waals surface area (Å²) >= 11 is 5.63. The number of aromatic amines is 1. The largest absolute Gasteiger partial charge is 0.389 e. The Balaban J connectivity index is 1.83. The van der Waals surface area contributed by atoms with E-state index in [2.05, 4.69) is 15.2 Å². The smallest absolute Gasteiger partial charge is 0.242 e. The van der Waals surface area contributed by atoms with E-state index in [1.807, 2.05) is 11.8 Å². The monoisotopic (exact) mass is 330 g/mol. The van der Waals surface area contributed by atoms with Crippen molar-refractivity contribution >= 4 is 17.5 Å². The Kier molecular flexibility index (Phi) is 5.77. The van der Waals surface area contributed by atoms with Gasteiger partial charge < -0.3 is 14.7 Å². The molecule has 1 aromatic rings. The van der Waals surface area contributed by atoms with Crippen molar-refractivity contribution in [3.05, 3.63) is 11.1 Å². The molecule has 2 atom stereocenters. The van der Waals surface area contributed by atoms with E-state index in [4.69, 9.17) is 16.3 Å². The maximum Gasteiger partial charge on any atom is 0.242 e. The molecule has 22 heavy (non-hydrogen) atoms. The van der Waals surface area contributed by atoms with Crippen molar-refractivity contribution in [3.63, 3.8) is 0 Å². The van der Waals surface area contributed by atoms with Crippen LogP contribution in [0.4, 0.5) is 0 Å². The number of aryl methyl sites for hydroxylation is 1. The van der Waals surface area contributed by atoms with Crippen molar-refractivity contribution in [2.75, 3.05) is 26.8 Å². The van der Waals surface area contributed by atoms with Crippen LogP contribution in [0.2, 0.25) is 5.28 Å². The fraction of sp³-hybridized carbons (Fsp3) is 0.786. The number of methoxy groups -OCH3 is 1. The summed E-state index contributed by atoms with van der Waals surface area (Å²) in [4.78, 5) is 18.1. The van der Waals surface area contributed by atoms with Gasteiger partial charge in [-0.3, -0.25) is 9.89 Å².